The van der Waals surface area contributed by atoms with Crippen LogP contribution in [0.3, 0.4) is 0 Å². The molecule has 0 atom stereocenters. The van der Waals surface area contributed by atoms with Crippen LogP contribution in [0.4, 0.5) is 4.79 Å². The molecule has 1 heterocycles. The Bertz CT molecular complexity index is 179. The van der Waals surface area contributed by atoms with E-state index < -0.39 is 6.16 Å². The highest BCUT2D eigenvalue weighted by Crippen LogP contribution is 2.06. The number of cyclic esters (lactones) is 2. The van der Waals surface area contributed by atoms with Crippen molar-refractivity contribution in [3.63, 3.8) is 0 Å². The van der Waals surface area contributed by atoms with Crippen LogP contribution in [0.15, 0.2) is 24.2 Å². The molecule has 1 aliphatic rings. The second-order valence-corrected chi connectivity index (χ2v) is 1.46. The Balaban J connectivity index is 2.71. The quantitative estimate of drug-likeness (QED) is 0.462. The third kappa shape index (κ3) is 1.32. The van der Waals surface area contributed by atoms with Crippen molar-refractivity contribution in [1.82, 2.24) is 0 Å². The Morgan fingerprint density at radius 2 is 2.44 bits per heavy atom. The minimum Gasteiger partial charge on any atom is -0.403 e. The Kier molecular flexibility index (Phi) is 1.53. The fourth-order valence-electron chi connectivity index (χ4n) is 0.466. The molecule has 0 aromatic rings. The van der Waals surface area contributed by atoms with Crippen molar-refractivity contribution in [2.75, 3.05) is 0 Å². The monoisotopic (exact) mass is 126 g/mol. The lowest BCUT2D eigenvalue weighted by molar-refractivity contribution is 0.105. The first-order chi connectivity index (χ1) is 4.33. The number of rotatable bonds is 0. The van der Waals surface area contributed by atoms with Gasteiger partial charge in [-0.3, -0.25) is 0 Å². The summed E-state index contributed by atoms with van der Waals surface area (Å²) in [5, 5.41) is 0. The van der Waals surface area contributed by atoms with Gasteiger partial charge in [0.2, 0.25) is 0 Å². The summed E-state index contributed by atoms with van der Waals surface area (Å²) in [6.07, 6.45) is 3.87. The largest absolute Gasteiger partial charge is 0.518 e. The van der Waals surface area contributed by atoms with E-state index in [-0.39, 0.29) is 0 Å². The van der Waals surface area contributed by atoms with E-state index in [2.05, 4.69) is 9.47 Å². The van der Waals surface area contributed by atoms with Crippen LogP contribution in [0.1, 0.15) is 6.92 Å². The van der Waals surface area contributed by atoms with Crippen LogP contribution in [0.25, 0.3) is 0 Å². The van der Waals surface area contributed by atoms with Gasteiger partial charge in [0.1, 0.15) is 12.0 Å². The van der Waals surface area contributed by atoms with E-state index in [4.69, 9.17) is 0 Å². The van der Waals surface area contributed by atoms with Gasteiger partial charge in [-0.1, -0.05) is 0 Å². The average Bonchev–Trinajstić information content (AvgIpc) is 1.88. The van der Waals surface area contributed by atoms with E-state index in [9.17, 15) is 4.79 Å². The van der Waals surface area contributed by atoms with Crippen LogP contribution in [-0.4, -0.2) is 6.16 Å². The second kappa shape index (κ2) is 2.35. The Morgan fingerprint density at radius 1 is 1.67 bits per heavy atom. The Labute approximate surface area is 52.6 Å². The van der Waals surface area contributed by atoms with E-state index in [0.717, 1.165) is 0 Å². The molecule has 0 saturated carbocycles. The zero-order valence-electron chi connectivity index (χ0n) is 4.96. The summed E-state index contributed by atoms with van der Waals surface area (Å²) in [6, 6.07) is 0. The number of hydrogen-bond donors (Lipinski definition) is 0. The molecule has 0 saturated heterocycles. The van der Waals surface area contributed by atoms with Crippen molar-refractivity contribution >= 4 is 6.16 Å². The van der Waals surface area contributed by atoms with Gasteiger partial charge in [0.15, 0.2) is 0 Å². The molecule has 0 fully saturated rings. The van der Waals surface area contributed by atoms with Crippen LogP contribution in [0, 0.1) is 0 Å². The molecule has 0 N–H and O–H groups in total. The van der Waals surface area contributed by atoms with Crippen LogP contribution < -0.4 is 0 Å². The normalized spacial score (nSPS) is 21.4. The highest BCUT2D eigenvalue weighted by atomic mass is 16.7. The molecule has 0 aliphatic carbocycles. The topological polar surface area (TPSA) is 35.5 Å². The Morgan fingerprint density at radius 3 is 2.89 bits per heavy atom. The third-order valence-corrected chi connectivity index (χ3v) is 0.882. The molecule has 48 valence electrons. The molecule has 0 spiro atoms. The molecule has 0 bridgehead atoms. The summed E-state index contributed by atoms with van der Waals surface area (Å²) in [6.45, 7) is 1.78. The van der Waals surface area contributed by atoms with Gasteiger partial charge in [0, 0.05) is 6.08 Å². The van der Waals surface area contributed by atoms with Crippen molar-refractivity contribution in [2.45, 2.75) is 6.92 Å². The number of allylic oxidation sites excluding steroid dienone is 2. The predicted molar refractivity (Wildman–Crippen MR) is 30.5 cm³/mol. The lowest BCUT2D eigenvalue weighted by Gasteiger charge is -2.06. The van der Waals surface area contributed by atoms with Gasteiger partial charge >= 0.3 is 6.16 Å². The lowest BCUT2D eigenvalue weighted by Crippen LogP contribution is -2.06. The summed E-state index contributed by atoms with van der Waals surface area (Å²) in [7, 11) is 0. The lowest BCUT2D eigenvalue weighted by atomic mass is 10.4. The second-order valence-electron chi connectivity index (χ2n) is 1.46. The van der Waals surface area contributed by atoms with Crippen molar-refractivity contribution in [1.29, 1.82) is 0 Å². The smallest absolute Gasteiger partial charge is 0.403 e. The van der Waals surface area contributed by atoms with E-state index in [0.29, 0.717) is 5.76 Å². The van der Waals surface area contributed by atoms with Crippen molar-refractivity contribution in [2.24, 2.45) is 0 Å². The predicted octanol–water partition coefficient (Wildman–Crippen LogP) is 1.57. The van der Waals surface area contributed by atoms with Crippen LogP contribution in [-0.2, 0) is 9.47 Å². The summed E-state index contributed by atoms with van der Waals surface area (Å²) >= 11 is 0. The minimum atomic E-state index is -0.675. The zero-order valence-corrected chi connectivity index (χ0v) is 4.96. The van der Waals surface area contributed by atoms with Crippen molar-refractivity contribution in [3.05, 3.63) is 24.2 Å². The molecule has 0 radical (unpaired) electrons. The molecule has 1 rings (SSSR count). The maximum absolute atomic E-state index is 10.3. The molecule has 3 heteroatoms. The van der Waals surface area contributed by atoms with Gasteiger partial charge in [-0.2, -0.15) is 0 Å². The molecular formula is C6H6O3. The van der Waals surface area contributed by atoms with Crippen LogP contribution in [0.5, 0.6) is 0 Å². The first-order valence-electron chi connectivity index (χ1n) is 2.54. The first-order valence-corrected chi connectivity index (χ1v) is 2.54. The molecule has 0 aromatic heterocycles. The minimum absolute atomic E-state index is 0.520. The fourth-order valence-corrected chi connectivity index (χ4v) is 0.466. The van der Waals surface area contributed by atoms with E-state index in [1.54, 1.807) is 19.1 Å². The number of carbonyl (C=O) groups is 1. The van der Waals surface area contributed by atoms with Gasteiger partial charge in [0.05, 0.1) is 0 Å². The number of carbonyl (C=O) groups excluding carboxylic acids is 1. The molecule has 1 aliphatic heterocycles. The Hall–Kier alpha value is -1.25. The highest BCUT2D eigenvalue weighted by molar-refractivity contribution is 5.64. The third-order valence-electron chi connectivity index (χ3n) is 0.882. The molecule has 0 amide bonds. The highest BCUT2D eigenvalue weighted by Gasteiger charge is 2.08. The van der Waals surface area contributed by atoms with Crippen LogP contribution in [0.2, 0.25) is 0 Å². The zero-order chi connectivity index (χ0) is 6.69. The first kappa shape index (κ1) is 5.88. The summed E-state index contributed by atoms with van der Waals surface area (Å²) < 4.78 is 8.88. The van der Waals surface area contributed by atoms with E-state index in [1.807, 2.05) is 0 Å². The maximum atomic E-state index is 10.3. The number of ether oxygens (including phenoxy) is 2. The molecule has 3 nitrogen and oxygen atoms in total. The SMILES string of the molecule is CC=C1C=COC(=O)O1. The van der Waals surface area contributed by atoms with E-state index in [1.165, 1.54) is 6.26 Å². The maximum Gasteiger partial charge on any atom is 0.518 e. The van der Waals surface area contributed by atoms with Gasteiger partial charge in [0.25, 0.3) is 0 Å². The van der Waals surface area contributed by atoms with E-state index >= 15 is 0 Å². The van der Waals surface area contributed by atoms with Crippen molar-refractivity contribution in [3.8, 4) is 0 Å². The number of hydrogen-bond acceptors (Lipinski definition) is 3. The van der Waals surface area contributed by atoms with Gasteiger partial charge < -0.3 is 9.47 Å². The van der Waals surface area contributed by atoms with Gasteiger partial charge in [-0.25, -0.2) is 4.79 Å². The van der Waals surface area contributed by atoms with Gasteiger partial charge in [-0.05, 0) is 13.0 Å². The fraction of sp³-hybridized carbons (Fsp3) is 0.167. The summed E-state index contributed by atoms with van der Waals surface area (Å²) in [5.41, 5.74) is 0. The van der Waals surface area contributed by atoms with Crippen LogP contribution >= 0.6 is 0 Å². The van der Waals surface area contributed by atoms with Gasteiger partial charge in [-0.15, -0.1) is 0 Å². The molecule has 0 aromatic carbocycles. The summed E-state index contributed by atoms with van der Waals surface area (Å²) in [5.74, 6) is 0.520. The molecule has 0 unspecified atom stereocenters. The van der Waals surface area contributed by atoms with Crippen molar-refractivity contribution < 1.29 is 14.3 Å². The standard InChI is InChI=1S/C6H6O3/c1-2-5-3-4-8-6(7)9-5/h2-4H,1H3. The average molecular weight is 126 g/mol. The summed E-state index contributed by atoms with van der Waals surface area (Å²) in [4.78, 5) is 10.3. The molecule has 9 heavy (non-hydrogen) atoms. The molecular weight excluding hydrogens is 120 g/mol.